The van der Waals surface area contributed by atoms with Crippen molar-refractivity contribution in [2.24, 2.45) is 0 Å². The molecular weight excluding hydrogens is 1230 g/mol. The highest BCUT2D eigenvalue weighted by Crippen LogP contribution is 2.39. The van der Waals surface area contributed by atoms with Gasteiger partial charge in [-0.1, -0.05) is 0 Å². The van der Waals surface area contributed by atoms with Gasteiger partial charge >= 0.3 is 0 Å². The maximum absolute atomic E-state index is 12.9. The van der Waals surface area contributed by atoms with Gasteiger partial charge in [-0.3, -0.25) is 19.2 Å². The topological polar surface area (TPSA) is 621 Å². The molecule has 520 valence electrons. The zero-order valence-corrected chi connectivity index (χ0v) is 48.6. The Labute approximate surface area is 510 Å². The van der Waals surface area contributed by atoms with Crippen molar-refractivity contribution in [1.82, 2.24) is 21.3 Å². The Hall–Kier alpha value is -3.40. The lowest BCUT2D eigenvalue weighted by Crippen LogP contribution is -2.71. The quantitative estimate of drug-likeness (QED) is 0.0452. The van der Waals surface area contributed by atoms with Crippen LogP contribution in [0.2, 0.25) is 0 Å². The van der Waals surface area contributed by atoms with E-state index >= 15 is 0 Å². The van der Waals surface area contributed by atoms with Crippen LogP contribution in [-0.2, 0) is 80.8 Å². The number of nitrogens with one attached hydrogen (secondary N) is 4. The minimum absolute atomic E-state index is 0.757. The fourth-order valence-corrected chi connectivity index (χ4v) is 11.5. The zero-order chi connectivity index (χ0) is 66.5. The third kappa shape index (κ3) is 16.4. The summed E-state index contributed by atoms with van der Waals surface area (Å²) < 4.78 is 77.8. The van der Waals surface area contributed by atoms with E-state index in [1.807, 2.05) is 0 Å². The molecule has 7 rings (SSSR count). The fourth-order valence-electron chi connectivity index (χ4n) is 11.5. The van der Waals surface area contributed by atoms with Crippen molar-refractivity contribution in [2.75, 3.05) is 46.2 Å². The van der Waals surface area contributed by atoms with Crippen molar-refractivity contribution in [1.29, 1.82) is 0 Å². The van der Waals surface area contributed by atoms with Crippen molar-refractivity contribution in [3.63, 3.8) is 0 Å². The molecule has 4 amide bonds. The molecule has 0 aromatic heterocycles. The molecule has 0 radical (unpaired) electrons. The molecule has 7 aliphatic rings. The van der Waals surface area contributed by atoms with E-state index in [0.717, 1.165) is 27.7 Å². The lowest BCUT2D eigenvalue weighted by Gasteiger charge is -2.52. The van der Waals surface area contributed by atoms with Gasteiger partial charge in [-0.15, -0.1) is 0 Å². The van der Waals surface area contributed by atoms with Gasteiger partial charge in [0, 0.05) is 27.7 Å². The van der Waals surface area contributed by atoms with Crippen LogP contribution in [0.1, 0.15) is 27.7 Å². The third-order valence-corrected chi connectivity index (χ3v) is 16.1. The molecular formula is C50H84N4O36. The predicted molar refractivity (Wildman–Crippen MR) is 278 cm³/mol. The number of carbonyl (C=O) groups excluding carboxylic acids is 4. The first kappa shape index (κ1) is 74.0. The molecule has 35 atom stereocenters. The lowest BCUT2D eigenvalue weighted by atomic mass is 9.93. The second kappa shape index (κ2) is 32.4. The molecule has 7 saturated heterocycles. The Kier molecular flexibility index (Phi) is 26.6. The standard InChI is InChI=1S/C50H84N4O36/c1-12(61)51-23-33(71)39(20(9-59)79-44(23)77)86-47-26(54-15(4)64)34(72)40(21(10-60)84-47)87-49-38(76)42(89-48-37(75)35(73)29(67)18(7-57)82-48)41(88-45-24(52-13(2)62)31(69)27(65)16(5-55)80-45)22(85-49)11-78-50-43(36(74)30(68)19(8-58)83-50)90-46-25(53-14(3)63)32(70)28(66)17(6-56)81-46/h16-50,55-60,65-77H,5-11H2,1-4H3,(H,51,61)(H,52,62)(H,53,63)(H,54,64)/t16-,17-,18-,19-,20-,21-,22-,23-,24-,25-,26-,27-,28-,29-,30-,31-,32-,33-,34-,35+,36+,37+,38+,39-,40-,41-,42-,43+,44-,45+,46+,47+,48-,49+,50+/m1/s1. The highest BCUT2D eigenvalue weighted by Gasteiger charge is 2.59. The van der Waals surface area contributed by atoms with Gasteiger partial charge in [0.25, 0.3) is 0 Å². The highest BCUT2D eigenvalue weighted by molar-refractivity contribution is 5.74. The van der Waals surface area contributed by atoms with Gasteiger partial charge in [0.1, 0.15) is 171 Å². The van der Waals surface area contributed by atoms with E-state index in [1.165, 1.54) is 0 Å². The molecule has 0 aromatic rings. The molecule has 90 heavy (non-hydrogen) atoms. The van der Waals surface area contributed by atoms with Crippen molar-refractivity contribution < 1.29 is 178 Å². The van der Waals surface area contributed by atoms with Crippen LogP contribution < -0.4 is 21.3 Å². The predicted octanol–water partition coefficient (Wildman–Crippen LogP) is -15.7. The van der Waals surface area contributed by atoms with Crippen LogP contribution in [0.3, 0.4) is 0 Å². The number of amides is 4. The summed E-state index contributed by atoms with van der Waals surface area (Å²) in [4.78, 5) is 50.0. The molecule has 40 nitrogen and oxygen atoms in total. The second-order valence-electron chi connectivity index (χ2n) is 22.5. The molecule has 0 aliphatic carbocycles. The van der Waals surface area contributed by atoms with Crippen molar-refractivity contribution in [3.8, 4) is 0 Å². The van der Waals surface area contributed by atoms with E-state index in [9.17, 15) is 116 Å². The van der Waals surface area contributed by atoms with E-state index in [-0.39, 0.29) is 0 Å². The number of aliphatic hydroxyl groups excluding tert-OH is 19. The average molecular weight is 1320 g/mol. The van der Waals surface area contributed by atoms with Gasteiger partial charge in [-0.05, 0) is 0 Å². The number of ether oxygens (including phenoxy) is 13. The number of aliphatic hydroxyl groups is 19. The summed E-state index contributed by atoms with van der Waals surface area (Å²) in [5.41, 5.74) is 0. The Bertz CT molecular complexity index is 2310. The minimum atomic E-state index is -2.49. The molecule has 23 N–H and O–H groups in total. The highest BCUT2D eigenvalue weighted by atomic mass is 16.8. The van der Waals surface area contributed by atoms with Gasteiger partial charge in [0.15, 0.2) is 44.0 Å². The Morgan fingerprint density at radius 2 is 0.600 bits per heavy atom. The largest absolute Gasteiger partial charge is 0.394 e. The van der Waals surface area contributed by atoms with E-state index < -0.39 is 285 Å². The van der Waals surface area contributed by atoms with Gasteiger partial charge in [-0.2, -0.15) is 0 Å². The van der Waals surface area contributed by atoms with Gasteiger partial charge in [0.05, 0.1) is 46.2 Å². The van der Waals surface area contributed by atoms with E-state index in [1.54, 1.807) is 0 Å². The summed E-state index contributed by atoms with van der Waals surface area (Å²) >= 11 is 0. The Morgan fingerprint density at radius 1 is 0.289 bits per heavy atom. The average Bonchev–Trinajstić information content (AvgIpc) is 0.828. The van der Waals surface area contributed by atoms with Crippen molar-refractivity contribution in [2.45, 2.75) is 242 Å². The molecule has 40 heteroatoms. The third-order valence-electron chi connectivity index (χ3n) is 16.1. The van der Waals surface area contributed by atoms with Crippen LogP contribution in [-0.4, -0.2) is 382 Å². The molecule has 0 bridgehead atoms. The lowest BCUT2D eigenvalue weighted by molar-refractivity contribution is -0.400. The van der Waals surface area contributed by atoms with Gasteiger partial charge < -0.3 is 180 Å². The summed E-state index contributed by atoms with van der Waals surface area (Å²) in [6, 6.07) is -7.01. The number of hydrogen-bond acceptors (Lipinski definition) is 36. The zero-order valence-electron chi connectivity index (χ0n) is 48.6. The molecule has 0 unspecified atom stereocenters. The summed E-state index contributed by atoms with van der Waals surface area (Å²) in [5.74, 6) is -3.37. The first-order chi connectivity index (χ1) is 42.5. The first-order valence-corrected chi connectivity index (χ1v) is 28.6. The summed E-state index contributed by atoms with van der Waals surface area (Å²) in [6.45, 7) is -3.35. The number of hydrogen-bond donors (Lipinski definition) is 23. The number of carbonyl (C=O) groups is 4. The van der Waals surface area contributed by atoms with Crippen LogP contribution in [0.25, 0.3) is 0 Å². The summed E-state index contributed by atoms with van der Waals surface area (Å²) in [5, 5.41) is 218. The normalized spacial score (nSPS) is 47.6. The number of rotatable bonds is 23. The maximum Gasteiger partial charge on any atom is 0.217 e. The van der Waals surface area contributed by atoms with Crippen LogP contribution in [0.4, 0.5) is 0 Å². The van der Waals surface area contributed by atoms with Crippen LogP contribution in [0.5, 0.6) is 0 Å². The smallest absolute Gasteiger partial charge is 0.217 e. The van der Waals surface area contributed by atoms with Crippen LogP contribution in [0.15, 0.2) is 0 Å². The summed E-state index contributed by atoms with van der Waals surface area (Å²) in [6.07, 6.45) is -62.7. The van der Waals surface area contributed by atoms with E-state index in [4.69, 9.17) is 61.6 Å². The van der Waals surface area contributed by atoms with Crippen LogP contribution >= 0.6 is 0 Å². The maximum atomic E-state index is 12.9. The Morgan fingerprint density at radius 3 is 1.06 bits per heavy atom. The molecule has 7 aliphatic heterocycles. The minimum Gasteiger partial charge on any atom is -0.394 e. The van der Waals surface area contributed by atoms with E-state index in [2.05, 4.69) is 21.3 Å². The molecule has 0 saturated carbocycles. The van der Waals surface area contributed by atoms with Crippen molar-refractivity contribution in [3.05, 3.63) is 0 Å². The summed E-state index contributed by atoms with van der Waals surface area (Å²) in [7, 11) is 0. The van der Waals surface area contributed by atoms with Crippen LogP contribution in [0, 0.1) is 0 Å². The van der Waals surface area contributed by atoms with E-state index in [0.29, 0.717) is 0 Å². The SMILES string of the molecule is CC(=O)N[C@@H]1[C@@H](O)[C@H](O[C@@H]2O[C@H](CO)[C@@H](O[C@@H]3O[C@H](CO[C@H]4O[C@H](CO)[C@@H](O)[C@H](O)[C@@H]4O[C@@H]4O[C@H](CO)[C@@H](O)[C@H](O)[C@H]4NC(C)=O)[C@@H](O[C@@H]4O[C@H](CO)[C@@H](O)[C@H](O)[C@H]4NC(C)=O)[C@H](O[C@H]4O[C@H](CO)[C@@H](O)[C@H](O)[C@@H]4O)[C@@H]3O)[C@H](O)[C@H]2NC(C)=O)[C@@H](CO)O[C@H]1O. The molecule has 0 spiro atoms. The molecule has 7 fully saturated rings. The second-order valence-corrected chi connectivity index (χ2v) is 22.5. The first-order valence-electron chi connectivity index (χ1n) is 28.6. The Balaban J connectivity index is 1.31. The monoisotopic (exact) mass is 1320 g/mol. The van der Waals surface area contributed by atoms with Crippen molar-refractivity contribution >= 4 is 23.6 Å². The van der Waals surface area contributed by atoms with Gasteiger partial charge in [-0.25, -0.2) is 0 Å². The fraction of sp³-hybridized carbons (Fsp3) is 0.920. The molecule has 0 aromatic carbocycles. The molecule has 7 heterocycles. The van der Waals surface area contributed by atoms with Gasteiger partial charge in [0.2, 0.25) is 23.6 Å².